The van der Waals surface area contributed by atoms with Crippen molar-refractivity contribution in [2.45, 2.75) is 18.9 Å². The average Bonchev–Trinajstić information content (AvgIpc) is 2.59. The van der Waals surface area contributed by atoms with E-state index in [0.29, 0.717) is 11.8 Å². The highest BCUT2D eigenvalue weighted by atomic mass is 16.5. The minimum absolute atomic E-state index is 0.288. The van der Waals surface area contributed by atoms with Gasteiger partial charge in [-0.25, -0.2) is 4.98 Å². The molecule has 4 nitrogen and oxygen atoms in total. The molecule has 3 aliphatic heterocycles. The lowest BCUT2D eigenvalue weighted by Gasteiger charge is -2.44. The molecule has 0 saturated carbocycles. The molecule has 2 aromatic rings. The number of para-hydroxylation sites is 1. The Bertz CT molecular complexity index is 607. The molecule has 5 rings (SSSR count). The fourth-order valence-corrected chi connectivity index (χ4v) is 3.32. The van der Waals surface area contributed by atoms with Crippen LogP contribution >= 0.6 is 0 Å². The SMILES string of the molecule is c1ccc(Oc2ccc(OC3CN4CCC3CC4)nc2)cc1. The molecule has 0 aliphatic carbocycles. The summed E-state index contributed by atoms with van der Waals surface area (Å²) in [4.78, 5) is 6.87. The van der Waals surface area contributed by atoms with E-state index in [1.807, 2.05) is 42.5 Å². The lowest BCUT2D eigenvalue weighted by atomic mass is 9.86. The number of piperidine rings is 3. The van der Waals surface area contributed by atoms with Gasteiger partial charge in [-0.15, -0.1) is 0 Å². The fraction of sp³-hybridized carbons (Fsp3) is 0.389. The van der Waals surface area contributed by atoms with Gasteiger partial charge < -0.3 is 9.47 Å². The summed E-state index contributed by atoms with van der Waals surface area (Å²) in [6.45, 7) is 3.48. The molecule has 0 N–H and O–H groups in total. The number of hydrogen-bond donors (Lipinski definition) is 0. The summed E-state index contributed by atoms with van der Waals surface area (Å²) in [5.74, 6) is 2.93. The van der Waals surface area contributed by atoms with Crippen LogP contribution in [-0.2, 0) is 0 Å². The van der Waals surface area contributed by atoms with Crippen molar-refractivity contribution >= 4 is 0 Å². The first kappa shape index (κ1) is 13.6. The number of benzene rings is 1. The summed E-state index contributed by atoms with van der Waals surface area (Å²) >= 11 is 0. The van der Waals surface area contributed by atoms with Gasteiger partial charge in [-0.05, 0) is 50.0 Å². The third-order valence-electron chi connectivity index (χ3n) is 4.56. The molecule has 3 saturated heterocycles. The normalized spacial score (nSPS) is 26.6. The van der Waals surface area contributed by atoms with Crippen molar-refractivity contribution < 1.29 is 9.47 Å². The first-order valence-corrected chi connectivity index (χ1v) is 7.95. The van der Waals surface area contributed by atoms with Gasteiger partial charge in [0.2, 0.25) is 5.88 Å². The van der Waals surface area contributed by atoms with E-state index in [1.54, 1.807) is 6.20 Å². The van der Waals surface area contributed by atoms with E-state index in [0.717, 1.165) is 18.0 Å². The second-order valence-electron chi connectivity index (χ2n) is 6.04. The predicted molar refractivity (Wildman–Crippen MR) is 84.3 cm³/mol. The fourth-order valence-electron chi connectivity index (χ4n) is 3.32. The Hall–Kier alpha value is -2.07. The summed E-state index contributed by atoms with van der Waals surface area (Å²) < 4.78 is 11.8. The van der Waals surface area contributed by atoms with Gasteiger partial charge in [0.25, 0.3) is 0 Å². The minimum atomic E-state index is 0.288. The molecule has 1 unspecified atom stereocenters. The van der Waals surface area contributed by atoms with Gasteiger partial charge in [-0.3, -0.25) is 4.90 Å². The Morgan fingerprint density at radius 2 is 1.77 bits per heavy atom. The van der Waals surface area contributed by atoms with Crippen LogP contribution in [0.4, 0.5) is 0 Å². The Balaban J connectivity index is 1.39. The average molecular weight is 296 g/mol. The first-order valence-electron chi connectivity index (χ1n) is 7.95. The van der Waals surface area contributed by atoms with Gasteiger partial charge in [0, 0.05) is 12.6 Å². The quantitative estimate of drug-likeness (QED) is 0.866. The van der Waals surface area contributed by atoms with E-state index < -0.39 is 0 Å². The van der Waals surface area contributed by atoms with Crippen molar-refractivity contribution in [1.29, 1.82) is 0 Å². The molecular formula is C18H20N2O2. The third-order valence-corrected chi connectivity index (χ3v) is 4.56. The van der Waals surface area contributed by atoms with Crippen LogP contribution in [0.1, 0.15) is 12.8 Å². The molecule has 0 radical (unpaired) electrons. The number of pyridine rings is 1. The standard InChI is InChI=1S/C18H20N2O2/c1-2-4-15(5-3-1)21-16-6-7-18(19-12-16)22-17-13-20-10-8-14(17)9-11-20/h1-7,12,14,17H,8-11,13H2. The highest BCUT2D eigenvalue weighted by molar-refractivity contribution is 5.30. The minimum Gasteiger partial charge on any atom is -0.473 e. The molecule has 4 heteroatoms. The Morgan fingerprint density at radius 1 is 0.955 bits per heavy atom. The maximum Gasteiger partial charge on any atom is 0.213 e. The lowest BCUT2D eigenvalue weighted by Crippen LogP contribution is -2.52. The second-order valence-corrected chi connectivity index (χ2v) is 6.04. The zero-order valence-corrected chi connectivity index (χ0v) is 12.5. The van der Waals surface area contributed by atoms with Crippen molar-refractivity contribution in [3.8, 4) is 17.4 Å². The largest absolute Gasteiger partial charge is 0.473 e. The zero-order chi connectivity index (χ0) is 14.8. The Labute approximate surface area is 130 Å². The summed E-state index contributed by atoms with van der Waals surface area (Å²) in [7, 11) is 0. The summed E-state index contributed by atoms with van der Waals surface area (Å²) in [6.07, 6.45) is 4.51. The highest BCUT2D eigenvalue weighted by Gasteiger charge is 2.35. The summed E-state index contributed by atoms with van der Waals surface area (Å²) in [5, 5.41) is 0. The Kier molecular flexibility index (Phi) is 3.69. The van der Waals surface area contributed by atoms with Crippen LogP contribution < -0.4 is 9.47 Å². The van der Waals surface area contributed by atoms with Crippen LogP contribution in [0.15, 0.2) is 48.7 Å². The summed E-state index contributed by atoms with van der Waals surface area (Å²) in [6, 6.07) is 13.5. The maximum absolute atomic E-state index is 6.09. The van der Waals surface area contributed by atoms with Crippen molar-refractivity contribution in [3.63, 3.8) is 0 Å². The van der Waals surface area contributed by atoms with E-state index in [1.165, 1.54) is 25.9 Å². The molecule has 0 amide bonds. The van der Waals surface area contributed by atoms with E-state index in [2.05, 4.69) is 9.88 Å². The first-order chi connectivity index (χ1) is 10.9. The van der Waals surface area contributed by atoms with Gasteiger partial charge in [0.1, 0.15) is 17.6 Å². The Morgan fingerprint density at radius 3 is 2.41 bits per heavy atom. The number of nitrogens with zero attached hydrogens (tertiary/aromatic N) is 2. The molecule has 22 heavy (non-hydrogen) atoms. The molecule has 1 atom stereocenters. The third kappa shape index (κ3) is 2.92. The number of rotatable bonds is 4. The second kappa shape index (κ2) is 5.97. The topological polar surface area (TPSA) is 34.6 Å². The molecule has 3 aliphatic rings. The highest BCUT2D eigenvalue weighted by Crippen LogP contribution is 2.30. The molecule has 1 aromatic heterocycles. The molecule has 4 heterocycles. The molecule has 0 spiro atoms. The van der Waals surface area contributed by atoms with Crippen molar-refractivity contribution in [2.75, 3.05) is 19.6 Å². The molecule has 114 valence electrons. The van der Waals surface area contributed by atoms with Crippen molar-refractivity contribution in [1.82, 2.24) is 9.88 Å². The maximum atomic E-state index is 6.09. The van der Waals surface area contributed by atoms with E-state index in [9.17, 15) is 0 Å². The van der Waals surface area contributed by atoms with Gasteiger partial charge in [-0.2, -0.15) is 0 Å². The van der Waals surface area contributed by atoms with Crippen LogP contribution in [0.25, 0.3) is 0 Å². The predicted octanol–water partition coefficient (Wildman–Crippen LogP) is 3.35. The van der Waals surface area contributed by atoms with Crippen LogP contribution in [0.3, 0.4) is 0 Å². The van der Waals surface area contributed by atoms with Gasteiger partial charge >= 0.3 is 0 Å². The van der Waals surface area contributed by atoms with E-state index >= 15 is 0 Å². The van der Waals surface area contributed by atoms with Crippen molar-refractivity contribution in [2.24, 2.45) is 5.92 Å². The van der Waals surface area contributed by atoms with E-state index in [4.69, 9.17) is 9.47 Å². The van der Waals surface area contributed by atoms with Crippen LogP contribution in [0.5, 0.6) is 17.4 Å². The number of ether oxygens (including phenoxy) is 2. The van der Waals surface area contributed by atoms with Gasteiger partial charge in [0.05, 0.1) is 6.20 Å². The molecule has 2 bridgehead atoms. The van der Waals surface area contributed by atoms with E-state index in [-0.39, 0.29) is 6.10 Å². The summed E-state index contributed by atoms with van der Waals surface area (Å²) in [5.41, 5.74) is 0. The number of hydrogen-bond acceptors (Lipinski definition) is 4. The zero-order valence-electron chi connectivity index (χ0n) is 12.5. The molecule has 3 fully saturated rings. The van der Waals surface area contributed by atoms with Crippen LogP contribution in [-0.4, -0.2) is 35.6 Å². The van der Waals surface area contributed by atoms with Gasteiger partial charge in [0.15, 0.2) is 0 Å². The number of aromatic nitrogens is 1. The van der Waals surface area contributed by atoms with Crippen LogP contribution in [0, 0.1) is 5.92 Å². The monoisotopic (exact) mass is 296 g/mol. The molecule has 1 aromatic carbocycles. The smallest absolute Gasteiger partial charge is 0.213 e. The lowest BCUT2D eigenvalue weighted by molar-refractivity contribution is -0.00996. The van der Waals surface area contributed by atoms with Crippen LogP contribution in [0.2, 0.25) is 0 Å². The molecular weight excluding hydrogens is 276 g/mol. The van der Waals surface area contributed by atoms with Gasteiger partial charge in [-0.1, -0.05) is 18.2 Å². The van der Waals surface area contributed by atoms with Crippen molar-refractivity contribution in [3.05, 3.63) is 48.7 Å². The number of fused-ring (bicyclic) bond motifs is 3.